The number of halogens is 2. The van der Waals surface area contributed by atoms with Gasteiger partial charge < -0.3 is 15.1 Å². The zero-order valence-electron chi connectivity index (χ0n) is 15.9. The molecule has 28 heavy (non-hydrogen) atoms. The molecule has 1 aromatic carbocycles. The van der Waals surface area contributed by atoms with E-state index < -0.39 is 0 Å². The van der Waals surface area contributed by atoms with Gasteiger partial charge in [-0.15, -0.1) is 5.10 Å². The van der Waals surface area contributed by atoms with Crippen molar-refractivity contribution in [2.75, 3.05) is 13.6 Å². The Labute approximate surface area is 167 Å². The number of hydrogen-bond donors (Lipinski definition) is 3. The van der Waals surface area contributed by atoms with Gasteiger partial charge in [0, 0.05) is 24.0 Å². The van der Waals surface area contributed by atoms with Gasteiger partial charge in [-0.05, 0) is 29.8 Å². The first-order valence-electron chi connectivity index (χ1n) is 8.74. The van der Waals surface area contributed by atoms with E-state index in [0.29, 0.717) is 41.5 Å². The summed E-state index contributed by atoms with van der Waals surface area (Å²) in [6, 6.07) is 8.02. The monoisotopic (exact) mass is 404 g/mol. The molecular weight excluding hydrogens is 383 g/mol. The number of hydrogen-bond acceptors (Lipinski definition) is 4. The molecule has 0 fully saturated rings. The van der Waals surface area contributed by atoms with Crippen LogP contribution in [0.15, 0.2) is 46.0 Å². The Morgan fingerprint density at radius 1 is 1.32 bits per heavy atom. The summed E-state index contributed by atoms with van der Waals surface area (Å²) >= 11 is 6.21. The number of nitrogens with zero attached hydrogens (tertiary/aromatic N) is 3. The number of aliphatic imine (C=N–C) groups is 1. The third kappa shape index (κ3) is 4.69. The van der Waals surface area contributed by atoms with E-state index >= 15 is 0 Å². The van der Waals surface area contributed by atoms with Gasteiger partial charge in [-0.3, -0.25) is 10.1 Å². The fourth-order valence-electron chi connectivity index (χ4n) is 2.72. The second-order valence-electron chi connectivity index (χ2n) is 6.87. The molecule has 2 aromatic heterocycles. The number of H-pyrrole nitrogens is 1. The van der Waals surface area contributed by atoms with E-state index in [4.69, 9.17) is 16.0 Å². The molecule has 2 heterocycles. The van der Waals surface area contributed by atoms with Crippen molar-refractivity contribution in [3.63, 3.8) is 0 Å². The highest BCUT2D eigenvalue weighted by atomic mass is 35.5. The SMILES string of the molecule is CN=C(NCc1nc(-c2ccco2)n[nH]1)NCC(C)(C)c1ccc(F)cc1Cl. The summed E-state index contributed by atoms with van der Waals surface area (Å²) in [4.78, 5) is 8.59. The number of nitrogens with one attached hydrogen (secondary N) is 3. The molecule has 7 nitrogen and oxygen atoms in total. The predicted octanol–water partition coefficient (Wildman–Crippen LogP) is 3.50. The van der Waals surface area contributed by atoms with Gasteiger partial charge in [-0.2, -0.15) is 0 Å². The molecule has 0 saturated heterocycles. The lowest BCUT2D eigenvalue weighted by Crippen LogP contribution is -2.43. The Balaban J connectivity index is 1.57. The summed E-state index contributed by atoms with van der Waals surface area (Å²) in [5, 5.41) is 13.8. The minimum atomic E-state index is -0.351. The Bertz CT molecular complexity index is 951. The Kier molecular flexibility index (Phi) is 5.99. The molecule has 3 N–H and O–H groups in total. The lowest BCUT2D eigenvalue weighted by atomic mass is 9.84. The second-order valence-corrected chi connectivity index (χ2v) is 7.28. The standard InChI is InChI=1S/C19H22ClFN6O/c1-19(2,13-7-6-12(21)9-14(13)20)11-24-18(22-3)23-10-16-25-17(27-26-16)15-5-4-8-28-15/h4-9H,10-11H2,1-3H3,(H2,22,23,24)(H,25,26,27). The number of rotatable bonds is 6. The Hall–Kier alpha value is -2.87. The van der Waals surface area contributed by atoms with Crippen LogP contribution in [-0.2, 0) is 12.0 Å². The van der Waals surface area contributed by atoms with Gasteiger partial charge in [-0.1, -0.05) is 31.5 Å². The lowest BCUT2D eigenvalue weighted by molar-refractivity contribution is 0.506. The molecule has 0 aliphatic rings. The van der Waals surface area contributed by atoms with Crippen molar-refractivity contribution in [3.8, 4) is 11.6 Å². The summed E-state index contributed by atoms with van der Waals surface area (Å²) in [5.41, 5.74) is 0.526. The zero-order valence-corrected chi connectivity index (χ0v) is 16.6. The van der Waals surface area contributed by atoms with Crippen LogP contribution in [0.25, 0.3) is 11.6 Å². The minimum Gasteiger partial charge on any atom is -0.461 e. The van der Waals surface area contributed by atoms with Crippen LogP contribution in [0.1, 0.15) is 25.2 Å². The van der Waals surface area contributed by atoms with E-state index in [1.54, 1.807) is 31.5 Å². The van der Waals surface area contributed by atoms with Crippen LogP contribution >= 0.6 is 11.6 Å². The summed E-state index contributed by atoms with van der Waals surface area (Å²) in [6.07, 6.45) is 1.57. The number of guanidine groups is 1. The molecule has 3 aromatic rings. The maximum Gasteiger partial charge on any atom is 0.216 e. The first-order chi connectivity index (χ1) is 13.4. The molecule has 0 saturated carbocycles. The first kappa shape index (κ1) is 19.9. The minimum absolute atomic E-state index is 0.332. The lowest BCUT2D eigenvalue weighted by Gasteiger charge is -2.27. The Morgan fingerprint density at radius 3 is 2.82 bits per heavy atom. The molecule has 3 rings (SSSR count). The largest absolute Gasteiger partial charge is 0.461 e. The van der Waals surface area contributed by atoms with Crippen molar-refractivity contribution in [1.29, 1.82) is 0 Å². The molecule has 0 bridgehead atoms. The van der Waals surface area contributed by atoms with Crippen molar-refractivity contribution in [1.82, 2.24) is 25.8 Å². The molecule has 148 valence electrons. The van der Waals surface area contributed by atoms with E-state index in [0.717, 1.165) is 5.56 Å². The maximum absolute atomic E-state index is 13.3. The van der Waals surface area contributed by atoms with Crippen LogP contribution in [0.3, 0.4) is 0 Å². The average molecular weight is 405 g/mol. The number of furan rings is 1. The van der Waals surface area contributed by atoms with Crippen molar-refractivity contribution in [3.05, 3.63) is 58.8 Å². The van der Waals surface area contributed by atoms with Crippen LogP contribution < -0.4 is 10.6 Å². The van der Waals surface area contributed by atoms with Crippen LogP contribution in [-0.4, -0.2) is 34.7 Å². The average Bonchev–Trinajstić information content (AvgIpc) is 3.33. The van der Waals surface area contributed by atoms with Crippen molar-refractivity contribution in [2.45, 2.75) is 25.8 Å². The summed E-state index contributed by atoms with van der Waals surface area (Å²) < 4.78 is 18.6. The Morgan fingerprint density at radius 2 is 2.14 bits per heavy atom. The smallest absolute Gasteiger partial charge is 0.216 e. The maximum atomic E-state index is 13.3. The molecule has 0 aliphatic heterocycles. The van der Waals surface area contributed by atoms with Crippen LogP contribution in [0.2, 0.25) is 5.02 Å². The van der Waals surface area contributed by atoms with Crippen LogP contribution in [0, 0.1) is 5.82 Å². The summed E-state index contributed by atoms with van der Waals surface area (Å²) in [6.45, 7) is 5.01. The van der Waals surface area contributed by atoms with E-state index in [1.807, 2.05) is 13.8 Å². The molecule has 0 radical (unpaired) electrons. The topological polar surface area (TPSA) is 91.1 Å². The third-order valence-electron chi connectivity index (χ3n) is 4.28. The van der Waals surface area contributed by atoms with Gasteiger partial charge in [-0.25, -0.2) is 9.37 Å². The zero-order chi connectivity index (χ0) is 20.1. The molecule has 9 heteroatoms. The van der Waals surface area contributed by atoms with E-state index in [-0.39, 0.29) is 11.2 Å². The van der Waals surface area contributed by atoms with Crippen LogP contribution in [0.5, 0.6) is 0 Å². The second kappa shape index (κ2) is 8.43. The molecular formula is C19H22ClFN6O. The van der Waals surface area contributed by atoms with Crippen molar-refractivity contribution < 1.29 is 8.81 Å². The van der Waals surface area contributed by atoms with E-state index in [2.05, 4.69) is 30.8 Å². The normalized spacial score (nSPS) is 12.2. The highest BCUT2D eigenvalue weighted by Gasteiger charge is 2.24. The molecule has 0 aliphatic carbocycles. The first-order valence-corrected chi connectivity index (χ1v) is 9.12. The fraction of sp³-hybridized carbons (Fsp3) is 0.316. The van der Waals surface area contributed by atoms with Gasteiger partial charge in [0.2, 0.25) is 5.82 Å². The number of benzene rings is 1. The van der Waals surface area contributed by atoms with Gasteiger partial charge in [0.1, 0.15) is 11.6 Å². The van der Waals surface area contributed by atoms with E-state index in [9.17, 15) is 4.39 Å². The highest BCUT2D eigenvalue weighted by Crippen LogP contribution is 2.29. The molecule has 0 unspecified atom stereocenters. The van der Waals surface area contributed by atoms with Crippen LogP contribution in [0.4, 0.5) is 4.39 Å². The van der Waals surface area contributed by atoms with Crippen molar-refractivity contribution in [2.24, 2.45) is 4.99 Å². The van der Waals surface area contributed by atoms with Gasteiger partial charge >= 0.3 is 0 Å². The van der Waals surface area contributed by atoms with Gasteiger partial charge in [0.05, 0.1) is 12.8 Å². The predicted molar refractivity (Wildman–Crippen MR) is 107 cm³/mol. The molecule has 0 spiro atoms. The quantitative estimate of drug-likeness (QED) is 0.432. The van der Waals surface area contributed by atoms with E-state index in [1.165, 1.54) is 12.1 Å². The summed E-state index contributed by atoms with van der Waals surface area (Å²) in [5.74, 6) is 1.99. The molecule has 0 atom stereocenters. The van der Waals surface area contributed by atoms with Gasteiger partial charge in [0.25, 0.3) is 0 Å². The van der Waals surface area contributed by atoms with Crippen molar-refractivity contribution >= 4 is 17.6 Å². The highest BCUT2D eigenvalue weighted by molar-refractivity contribution is 6.31. The van der Waals surface area contributed by atoms with Gasteiger partial charge in [0.15, 0.2) is 11.7 Å². The fourth-order valence-corrected chi connectivity index (χ4v) is 3.14. The molecule has 0 amide bonds. The third-order valence-corrected chi connectivity index (χ3v) is 4.59. The number of aromatic nitrogens is 3. The summed E-state index contributed by atoms with van der Waals surface area (Å²) in [7, 11) is 1.68. The number of aromatic amines is 1.